The van der Waals surface area contributed by atoms with Gasteiger partial charge < -0.3 is 0 Å². The van der Waals surface area contributed by atoms with E-state index in [1.807, 2.05) is 6.92 Å². The third kappa shape index (κ3) is 3.82. The number of carbonyl (C=O) groups is 1. The topological polar surface area (TPSA) is 76.1 Å². The van der Waals surface area contributed by atoms with E-state index in [4.69, 9.17) is 10.7 Å². The number of carbonyl (C=O) groups excluding carboxylic acids is 1. The summed E-state index contributed by atoms with van der Waals surface area (Å²) in [7, 11) is 1.44. The van der Waals surface area contributed by atoms with Gasteiger partial charge in [0.2, 0.25) is 0 Å². The highest BCUT2D eigenvalue weighted by Crippen LogP contribution is 2.30. The molecule has 0 aliphatic rings. The summed E-state index contributed by atoms with van der Waals surface area (Å²) in [6.07, 6.45) is 0. The summed E-state index contributed by atoms with van der Waals surface area (Å²) in [6, 6.07) is 5.15. The highest BCUT2D eigenvalue weighted by molar-refractivity contribution is 9.10. The maximum Gasteiger partial charge on any atom is 0.272 e. The highest BCUT2D eigenvalue weighted by Gasteiger charge is 2.20. The molecule has 0 spiro atoms. The van der Waals surface area contributed by atoms with Crippen molar-refractivity contribution in [3.63, 3.8) is 0 Å². The molecule has 0 atom stereocenters. The largest absolute Gasteiger partial charge is 0.298 e. The van der Waals surface area contributed by atoms with Crippen LogP contribution in [0.2, 0.25) is 0 Å². The van der Waals surface area contributed by atoms with E-state index < -0.39 is 9.05 Å². The molecular formula is C12H10BrClN2O3S2. The van der Waals surface area contributed by atoms with Crippen molar-refractivity contribution in [1.82, 2.24) is 4.98 Å². The van der Waals surface area contributed by atoms with Gasteiger partial charge in [-0.15, -0.1) is 0 Å². The van der Waals surface area contributed by atoms with Gasteiger partial charge in [0.05, 0.1) is 5.69 Å². The lowest BCUT2D eigenvalue weighted by atomic mass is 10.1. The number of nitrogens with one attached hydrogen (secondary N) is 1. The Labute approximate surface area is 138 Å². The van der Waals surface area contributed by atoms with Gasteiger partial charge in [0.15, 0.2) is 9.34 Å². The maximum absolute atomic E-state index is 12.1. The van der Waals surface area contributed by atoms with Crippen molar-refractivity contribution in [2.45, 2.75) is 18.1 Å². The number of amides is 1. The first-order valence-electron chi connectivity index (χ1n) is 5.68. The number of halogens is 2. The molecule has 1 heterocycles. The number of thiazole rings is 1. The second kappa shape index (κ2) is 6.04. The molecule has 1 aromatic carbocycles. The van der Waals surface area contributed by atoms with Crippen molar-refractivity contribution in [2.75, 3.05) is 5.32 Å². The lowest BCUT2D eigenvalue weighted by Gasteiger charge is -2.04. The lowest BCUT2D eigenvalue weighted by Crippen LogP contribution is -2.11. The van der Waals surface area contributed by atoms with Gasteiger partial charge >= 0.3 is 0 Å². The van der Waals surface area contributed by atoms with E-state index in [-0.39, 0.29) is 20.9 Å². The average molecular weight is 410 g/mol. The lowest BCUT2D eigenvalue weighted by molar-refractivity contribution is 0.102. The zero-order valence-electron chi connectivity index (χ0n) is 11.0. The second-order valence-corrected chi connectivity index (χ2v) is 8.86. The first-order valence-corrected chi connectivity index (χ1v) is 9.60. The number of hydrogen-bond donors (Lipinski definition) is 1. The molecule has 1 N–H and O–H groups in total. The van der Waals surface area contributed by atoms with Gasteiger partial charge in [-0.3, -0.25) is 10.1 Å². The van der Waals surface area contributed by atoms with Crippen molar-refractivity contribution in [2.24, 2.45) is 0 Å². The smallest absolute Gasteiger partial charge is 0.272 e. The van der Waals surface area contributed by atoms with Crippen LogP contribution in [0, 0.1) is 13.8 Å². The summed E-state index contributed by atoms with van der Waals surface area (Å²) in [4.78, 5) is 16.1. The van der Waals surface area contributed by atoms with Crippen LogP contribution in [0.15, 0.2) is 26.9 Å². The SMILES string of the molecule is Cc1cc(C(=O)Nc2nc(C)c(S(=O)(=O)Cl)s2)ccc1Br. The molecule has 2 aromatic rings. The van der Waals surface area contributed by atoms with Crippen LogP contribution in [0.3, 0.4) is 0 Å². The Morgan fingerprint density at radius 3 is 2.57 bits per heavy atom. The van der Waals surface area contributed by atoms with E-state index in [1.54, 1.807) is 18.2 Å². The molecule has 0 aliphatic carbocycles. The molecule has 0 unspecified atom stereocenters. The number of benzene rings is 1. The van der Waals surface area contributed by atoms with Crippen LogP contribution >= 0.6 is 37.9 Å². The maximum atomic E-state index is 12.1. The molecule has 1 aromatic heterocycles. The number of nitrogens with zero attached hydrogens (tertiary/aromatic N) is 1. The fraction of sp³-hybridized carbons (Fsp3) is 0.167. The fourth-order valence-electron chi connectivity index (χ4n) is 1.62. The molecule has 0 bridgehead atoms. The van der Waals surface area contributed by atoms with Crippen LogP contribution in [-0.4, -0.2) is 19.3 Å². The molecule has 0 saturated carbocycles. The quantitative estimate of drug-likeness (QED) is 0.784. The molecule has 5 nitrogen and oxygen atoms in total. The van der Waals surface area contributed by atoms with Crippen molar-refractivity contribution < 1.29 is 13.2 Å². The molecular weight excluding hydrogens is 400 g/mol. The van der Waals surface area contributed by atoms with Crippen molar-refractivity contribution in [3.8, 4) is 0 Å². The van der Waals surface area contributed by atoms with Crippen LogP contribution in [0.5, 0.6) is 0 Å². The molecule has 0 fully saturated rings. The van der Waals surface area contributed by atoms with Gasteiger partial charge in [0, 0.05) is 20.7 Å². The molecule has 0 radical (unpaired) electrons. The minimum atomic E-state index is -3.85. The van der Waals surface area contributed by atoms with Gasteiger partial charge in [-0.2, -0.15) is 0 Å². The molecule has 0 saturated heterocycles. The Balaban J connectivity index is 2.26. The van der Waals surface area contributed by atoms with Crippen LogP contribution in [0.1, 0.15) is 21.6 Å². The summed E-state index contributed by atoms with van der Waals surface area (Å²) in [5.74, 6) is -0.363. The van der Waals surface area contributed by atoms with Crippen LogP contribution in [0.25, 0.3) is 0 Å². The van der Waals surface area contributed by atoms with E-state index in [1.165, 1.54) is 6.92 Å². The van der Waals surface area contributed by atoms with E-state index in [2.05, 4.69) is 26.2 Å². The third-order valence-corrected chi connectivity index (χ3v) is 6.76. The summed E-state index contributed by atoms with van der Waals surface area (Å²) in [6.45, 7) is 3.39. The molecule has 21 heavy (non-hydrogen) atoms. The van der Waals surface area contributed by atoms with Crippen molar-refractivity contribution in [1.29, 1.82) is 0 Å². The molecule has 2 rings (SSSR count). The second-order valence-electron chi connectivity index (χ2n) is 4.25. The number of hydrogen-bond acceptors (Lipinski definition) is 5. The number of aryl methyl sites for hydroxylation is 2. The molecule has 9 heteroatoms. The monoisotopic (exact) mass is 408 g/mol. The van der Waals surface area contributed by atoms with E-state index in [0.29, 0.717) is 5.56 Å². The Kier molecular flexibility index (Phi) is 4.72. The van der Waals surface area contributed by atoms with Crippen molar-refractivity contribution in [3.05, 3.63) is 39.5 Å². The third-order valence-electron chi connectivity index (χ3n) is 2.62. The summed E-state index contributed by atoms with van der Waals surface area (Å²) >= 11 is 4.18. The number of anilines is 1. The highest BCUT2D eigenvalue weighted by atomic mass is 79.9. The van der Waals surface area contributed by atoms with Gasteiger partial charge in [-0.05, 0) is 37.6 Å². The standard InChI is InChI=1S/C12H10BrClN2O3S2/c1-6-5-8(3-4-9(6)13)10(17)16-12-15-7(2)11(20-12)21(14,18)19/h3-5H,1-2H3,(H,15,16,17). The van der Waals surface area contributed by atoms with E-state index >= 15 is 0 Å². The Morgan fingerprint density at radius 1 is 1.38 bits per heavy atom. The predicted molar refractivity (Wildman–Crippen MR) is 86.7 cm³/mol. The van der Waals surface area contributed by atoms with Gasteiger partial charge in [0.25, 0.3) is 15.0 Å². The molecule has 1 amide bonds. The minimum absolute atomic E-state index is 0.0635. The Morgan fingerprint density at radius 2 is 2.05 bits per heavy atom. The fourth-order valence-corrected chi connectivity index (χ4v) is 4.21. The number of rotatable bonds is 3. The normalized spacial score (nSPS) is 11.4. The summed E-state index contributed by atoms with van der Waals surface area (Å²) < 4.78 is 23.5. The van der Waals surface area contributed by atoms with Gasteiger partial charge in [0.1, 0.15) is 0 Å². The first-order chi connectivity index (χ1) is 9.68. The van der Waals surface area contributed by atoms with Crippen molar-refractivity contribution >= 4 is 58.0 Å². The summed E-state index contributed by atoms with van der Waals surface area (Å²) in [5, 5.41) is 2.76. The van der Waals surface area contributed by atoms with Gasteiger partial charge in [-0.1, -0.05) is 27.3 Å². The van der Waals surface area contributed by atoms with E-state index in [9.17, 15) is 13.2 Å². The van der Waals surface area contributed by atoms with Crippen LogP contribution < -0.4 is 5.32 Å². The zero-order valence-corrected chi connectivity index (χ0v) is 15.0. The molecule has 0 aliphatic heterocycles. The van der Waals surface area contributed by atoms with E-state index in [0.717, 1.165) is 21.4 Å². The number of aromatic nitrogens is 1. The first kappa shape index (κ1) is 16.4. The Hall–Kier alpha value is -0.960. The van der Waals surface area contributed by atoms with Crippen LogP contribution in [0.4, 0.5) is 5.13 Å². The minimum Gasteiger partial charge on any atom is -0.298 e. The summed E-state index contributed by atoms with van der Waals surface area (Å²) in [5.41, 5.74) is 1.64. The van der Waals surface area contributed by atoms with Crippen LogP contribution in [-0.2, 0) is 9.05 Å². The zero-order chi connectivity index (χ0) is 15.8. The van der Waals surface area contributed by atoms with Gasteiger partial charge in [-0.25, -0.2) is 13.4 Å². The predicted octanol–water partition coefficient (Wildman–Crippen LogP) is 3.70. The average Bonchev–Trinajstić information content (AvgIpc) is 2.73. The Bertz CT molecular complexity index is 818. The molecule has 112 valence electrons.